The largest absolute Gasteiger partial charge is 0.493 e. The van der Waals surface area contributed by atoms with Crippen molar-refractivity contribution in [2.75, 3.05) is 13.2 Å². The van der Waals surface area contributed by atoms with Gasteiger partial charge >= 0.3 is 11.9 Å². The first-order chi connectivity index (χ1) is 18.8. The molecule has 39 heavy (non-hydrogen) atoms. The quantitative estimate of drug-likeness (QED) is 0.136. The summed E-state index contributed by atoms with van der Waals surface area (Å²) in [5, 5.41) is 0. The van der Waals surface area contributed by atoms with E-state index in [0.717, 1.165) is 69.6 Å². The monoisotopic (exact) mass is 544 g/mol. The Hall–Kier alpha value is -3.29. The first-order valence-electron chi connectivity index (χ1n) is 13.7. The van der Waals surface area contributed by atoms with E-state index >= 15 is 0 Å². The fourth-order valence-electron chi connectivity index (χ4n) is 5.80. The second kappa shape index (κ2) is 13.7. The van der Waals surface area contributed by atoms with Crippen LogP contribution in [0.25, 0.3) is 0 Å². The molecule has 0 aromatic heterocycles. The number of carbonyl (C=O) groups excluding carboxylic acids is 2. The zero-order chi connectivity index (χ0) is 27.8. The van der Waals surface area contributed by atoms with Crippen LogP contribution in [0.3, 0.4) is 0 Å². The van der Waals surface area contributed by atoms with Crippen molar-refractivity contribution < 1.29 is 37.0 Å². The summed E-state index contributed by atoms with van der Waals surface area (Å²) >= 11 is 0. The van der Waals surface area contributed by atoms with Gasteiger partial charge in [0.25, 0.3) is 0 Å². The molecule has 0 spiro atoms. The van der Waals surface area contributed by atoms with E-state index in [4.69, 9.17) is 14.2 Å². The topological polar surface area (TPSA) is 61.8 Å². The molecule has 0 heterocycles. The Morgan fingerprint density at radius 1 is 0.846 bits per heavy atom. The maximum atomic E-state index is 13.6. The van der Waals surface area contributed by atoms with Crippen molar-refractivity contribution in [1.29, 1.82) is 0 Å². The molecule has 2 fully saturated rings. The molecule has 0 bridgehead atoms. The number of halogens is 3. The van der Waals surface area contributed by atoms with Gasteiger partial charge in [-0.3, -0.25) is 0 Å². The predicted octanol–water partition coefficient (Wildman–Crippen LogP) is 7.29. The highest BCUT2D eigenvalue weighted by Crippen LogP contribution is 2.43. The lowest BCUT2D eigenvalue weighted by Crippen LogP contribution is -2.29. The van der Waals surface area contributed by atoms with Gasteiger partial charge in [0.2, 0.25) is 0 Å². The number of ether oxygens (including phenoxy) is 3. The Balaban J connectivity index is 1.16. The van der Waals surface area contributed by atoms with Gasteiger partial charge in [0.05, 0.1) is 18.8 Å². The fourth-order valence-corrected chi connectivity index (χ4v) is 5.80. The number of esters is 2. The van der Waals surface area contributed by atoms with Gasteiger partial charge in [-0.15, -0.1) is 0 Å². The van der Waals surface area contributed by atoms with E-state index in [1.54, 1.807) is 24.3 Å². The van der Waals surface area contributed by atoms with Gasteiger partial charge in [0.15, 0.2) is 17.5 Å². The Kier molecular flexibility index (Phi) is 10.1. The van der Waals surface area contributed by atoms with Gasteiger partial charge in [-0.25, -0.2) is 22.8 Å². The Morgan fingerprint density at radius 3 is 2.03 bits per heavy atom. The number of rotatable bonds is 10. The minimum atomic E-state index is -1.41. The third-order valence-electron chi connectivity index (χ3n) is 7.97. The lowest BCUT2D eigenvalue weighted by Gasteiger charge is -2.37. The zero-order valence-electron chi connectivity index (χ0n) is 22.0. The summed E-state index contributed by atoms with van der Waals surface area (Å²) < 4.78 is 56.8. The summed E-state index contributed by atoms with van der Waals surface area (Å²) in [6.07, 6.45) is 8.81. The Bertz CT molecular complexity index is 1110. The van der Waals surface area contributed by atoms with E-state index in [2.05, 4.69) is 6.58 Å². The van der Waals surface area contributed by atoms with E-state index in [9.17, 15) is 22.8 Å². The van der Waals surface area contributed by atoms with Crippen molar-refractivity contribution in [3.63, 3.8) is 0 Å². The third kappa shape index (κ3) is 7.87. The molecule has 2 aliphatic carbocycles. The smallest absolute Gasteiger partial charge is 0.338 e. The van der Waals surface area contributed by atoms with Crippen LogP contribution >= 0.6 is 0 Å². The molecular weight excluding hydrogens is 509 g/mol. The van der Waals surface area contributed by atoms with Gasteiger partial charge in [-0.1, -0.05) is 6.58 Å². The summed E-state index contributed by atoms with van der Waals surface area (Å²) in [5.74, 6) is -2.68. The van der Waals surface area contributed by atoms with Crippen LogP contribution in [0.2, 0.25) is 0 Å². The first kappa shape index (κ1) is 28.7. The highest BCUT2D eigenvalue weighted by Gasteiger charge is 2.33. The molecule has 0 radical (unpaired) electrons. The number of hydrogen-bond donors (Lipinski definition) is 0. The van der Waals surface area contributed by atoms with Gasteiger partial charge < -0.3 is 14.2 Å². The minimum Gasteiger partial charge on any atom is -0.493 e. The third-order valence-corrected chi connectivity index (χ3v) is 7.97. The molecular formula is C31H35F3O5. The van der Waals surface area contributed by atoms with Gasteiger partial charge in [0.1, 0.15) is 11.9 Å². The molecule has 2 aromatic carbocycles. The summed E-state index contributed by atoms with van der Waals surface area (Å²) in [6.45, 7) is 3.96. The minimum absolute atomic E-state index is 0.0574. The molecule has 8 heteroatoms. The van der Waals surface area contributed by atoms with Crippen LogP contribution in [0, 0.1) is 29.3 Å². The van der Waals surface area contributed by atoms with Crippen LogP contribution in [-0.4, -0.2) is 31.3 Å². The summed E-state index contributed by atoms with van der Waals surface area (Å²) in [4.78, 5) is 23.6. The maximum Gasteiger partial charge on any atom is 0.338 e. The standard InChI is InChI=1S/C31H35F3O5/c1-2-29(35)38-17-3-16-37-25-12-10-23(11-13-25)31(36)39-26-14-8-21(9-15-26)20-4-6-22(7-5-20)24-18-27(32)30(34)28(33)19-24/h2,10-13,18-22,26H,1,3-9,14-17H2. The molecule has 210 valence electrons. The number of benzene rings is 2. The lowest BCUT2D eigenvalue weighted by atomic mass is 9.69. The van der Waals surface area contributed by atoms with Crippen molar-refractivity contribution in [1.82, 2.24) is 0 Å². The molecule has 0 unspecified atom stereocenters. The van der Waals surface area contributed by atoms with Crippen molar-refractivity contribution in [3.05, 3.63) is 77.6 Å². The average Bonchev–Trinajstić information content (AvgIpc) is 2.96. The molecule has 2 aromatic rings. The van der Waals surface area contributed by atoms with E-state index in [1.807, 2.05) is 0 Å². The molecule has 2 aliphatic rings. The van der Waals surface area contributed by atoms with Crippen LogP contribution in [-0.2, 0) is 14.3 Å². The average molecular weight is 545 g/mol. The fraction of sp³-hybridized carbons (Fsp3) is 0.484. The van der Waals surface area contributed by atoms with Crippen LogP contribution in [0.1, 0.15) is 79.6 Å². The summed E-state index contributed by atoms with van der Waals surface area (Å²) in [7, 11) is 0. The first-order valence-corrected chi connectivity index (χ1v) is 13.7. The second-order valence-corrected chi connectivity index (χ2v) is 10.5. The molecule has 0 saturated heterocycles. The van der Waals surface area contributed by atoms with Crippen LogP contribution < -0.4 is 4.74 Å². The van der Waals surface area contributed by atoms with Gasteiger partial charge in [0, 0.05) is 12.5 Å². The van der Waals surface area contributed by atoms with Crippen molar-refractivity contribution in [2.24, 2.45) is 11.8 Å². The van der Waals surface area contributed by atoms with E-state index < -0.39 is 23.4 Å². The zero-order valence-corrected chi connectivity index (χ0v) is 22.0. The number of carbonyl (C=O) groups is 2. The molecule has 5 nitrogen and oxygen atoms in total. The highest BCUT2D eigenvalue weighted by atomic mass is 19.2. The van der Waals surface area contributed by atoms with Crippen LogP contribution in [0.15, 0.2) is 49.1 Å². The lowest BCUT2D eigenvalue weighted by molar-refractivity contribution is -0.137. The normalized spacial score (nSPS) is 23.1. The Morgan fingerprint density at radius 2 is 1.44 bits per heavy atom. The number of hydrogen-bond acceptors (Lipinski definition) is 5. The van der Waals surface area contributed by atoms with Gasteiger partial charge in [-0.2, -0.15) is 0 Å². The molecule has 4 rings (SSSR count). The molecule has 0 amide bonds. The van der Waals surface area contributed by atoms with Crippen molar-refractivity contribution in [3.8, 4) is 5.75 Å². The maximum absolute atomic E-state index is 13.6. The highest BCUT2D eigenvalue weighted by molar-refractivity contribution is 5.89. The molecule has 2 saturated carbocycles. The molecule has 0 N–H and O–H groups in total. The van der Waals surface area contributed by atoms with Crippen molar-refractivity contribution in [2.45, 2.75) is 69.8 Å². The summed E-state index contributed by atoms with van der Waals surface area (Å²) in [6, 6.07) is 9.06. The molecule has 0 atom stereocenters. The van der Waals surface area contributed by atoms with Crippen molar-refractivity contribution >= 4 is 11.9 Å². The van der Waals surface area contributed by atoms with E-state index in [1.165, 1.54) is 0 Å². The molecule has 0 aliphatic heterocycles. The van der Waals surface area contributed by atoms with Gasteiger partial charge in [-0.05, 0) is 111 Å². The van der Waals surface area contributed by atoms with Crippen LogP contribution in [0.5, 0.6) is 5.75 Å². The SMILES string of the molecule is C=CC(=O)OCCCOc1ccc(C(=O)OC2CCC(C3CCC(c4cc(F)c(F)c(F)c4)CC3)CC2)cc1. The summed E-state index contributed by atoms with van der Waals surface area (Å²) in [5.41, 5.74) is 1.02. The van der Waals surface area contributed by atoms with E-state index in [-0.39, 0.29) is 24.6 Å². The predicted molar refractivity (Wildman–Crippen MR) is 140 cm³/mol. The second-order valence-electron chi connectivity index (χ2n) is 10.5. The van der Waals surface area contributed by atoms with Crippen LogP contribution in [0.4, 0.5) is 13.2 Å². The van der Waals surface area contributed by atoms with E-state index in [0.29, 0.717) is 41.7 Å². The Labute approximate surface area is 227 Å².